The van der Waals surface area contributed by atoms with Gasteiger partial charge in [0, 0.05) is 25.1 Å². The highest BCUT2D eigenvalue weighted by molar-refractivity contribution is 7.89. The Morgan fingerprint density at radius 3 is 2.65 bits per heavy atom. The van der Waals surface area contributed by atoms with E-state index in [4.69, 9.17) is 4.42 Å². The molecule has 2 heterocycles. The van der Waals surface area contributed by atoms with Crippen molar-refractivity contribution in [3.05, 3.63) is 35.7 Å². The molecule has 1 aliphatic rings. The summed E-state index contributed by atoms with van der Waals surface area (Å²) in [5.41, 5.74) is 0.312. The van der Waals surface area contributed by atoms with Gasteiger partial charge in [-0.05, 0) is 43.0 Å². The Morgan fingerprint density at radius 2 is 2.04 bits per heavy atom. The molecule has 1 aromatic heterocycles. The van der Waals surface area contributed by atoms with Crippen LogP contribution in [-0.4, -0.2) is 41.9 Å². The second kappa shape index (κ2) is 7.55. The second-order valence-electron chi connectivity index (χ2n) is 6.44. The van der Waals surface area contributed by atoms with Crippen LogP contribution in [-0.2, 0) is 16.4 Å². The number of carbonyl (C=O) groups is 1. The van der Waals surface area contributed by atoms with E-state index in [-0.39, 0.29) is 10.9 Å². The first kappa shape index (κ1) is 18.5. The van der Waals surface area contributed by atoms with Gasteiger partial charge < -0.3 is 4.42 Å². The monoisotopic (exact) mass is 378 g/mol. The highest BCUT2D eigenvalue weighted by Crippen LogP contribution is 2.23. The number of hydrogen-bond donors (Lipinski definition) is 1. The summed E-state index contributed by atoms with van der Waals surface area (Å²) < 4.78 is 32.2. The Labute approximate surface area is 152 Å². The van der Waals surface area contributed by atoms with Crippen molar-refractivity contribution in [3.8, 4) is 0 Å². The van der Waals surface area contributed by atoms with Gasteiger partial charge in [-0.25, -0.2) is 8.42 Å². The third-order valence-electron chi connectivity index (χ3n) is 4.36. The molecule has 1 amide bonds. The lowest BCUT2D eigenvalue weighted by molar-refractivity contribution is 0.102. The van der Waals surface area contributed by atoms with Crippen LogP contribution in [0.4, 0.5) is 6.01 Å². The van der Waals surface area contributed by atoms with Gasteiger partial charge in [-0.15, -0.1) is 5.10 Å². The van der Waals surface area contributed by atoms with E-state index in [1.807, 2.05) is 6.92 Å². The lowest BCUT2D eigenvalue weighted by Gasteiger charge is -2.30. The van der Waals surface area contributed by atoms with Crippen LogP contribution in [0.2, 0.25) is 0 Å². The van der Waals surface area contributed by atoms with E-state index < -0.39 is 15.9 Å². The quantitative estimate of drug-likeness (QED) is 0.856. The van der Waals surface area contributed by atoms with E-state index in [9.17, 15) is 13.2 Å². The van der Waals surface area contributed by atoms with Crippen molar-refractivity contribution in [2.45, 2.75) is 38.0 Å². The topological polar surface area (TPSA) is 105 Å². The van der Waals surface area contributed by atoms with Gasteiger partial charge in [0.05, 0.1) is 4.90 Å². The molecule has 140 valence electrons. The minimum Gasteiger partial charge on any atom is -0.408 e. The number of amides is 1. The van der Waals surface area contributed by atoms with Crippen molar-refractivity contribution in [1.82, 2.24) is 14.5 Å². The van der Waals surface area contributed by atoms with Gasteiger partial charge in [0.2, 0.25) is 15.9 Å². The lowest BCUT2D eigenvalue weighted by Crippen LogP contribution is -2.39. The number of hydrogen-bond acceptors (Lipinski definition) is 6. The molecule has 8 nitrogen and oxygen atoms in total. The number of benzene rings is 1. The Morgan fingerprint density at radius 1 is 1.31 bits per heavy atom. The summed E-state index contributed by atoms with van der Waals surface area (Å²) in [6.07, 6.45) is 2.48. The molecule has 1 fully saturated rings. The van der Waals surface area contributed by atoms with Crippen LogP contribution < -0.4 is 5.32 Å². The Hall–Kier alpha value is -2.26. The molecule has 0 bridgehead atoms. The molecule has 0 spiro atoms. The number of aromatic nitrogens is 2. The van der Waals surface area contributed by atoms with Gasteiger partial charge in [0.1, 0.15) is 0 Å². The molecule has 2 aromatic rings. The van der Waals surface area contributed by atoms with Gasteiger partial charge >= 0.3 is 6.01 Å². The zero-order valence-electron chi connectivity index (χ0n) is 14.8. The number of sulfonamides is 1. The van der Waals surface area contributed by atoms with E-state index in [0.29, 0.717) is 36.9 Å². The van der Waals surface area contributed by atoms with Gasteiger partial charge in [0.25, 0.3) is 5.91 Å². The maximum absolute atomic E-state index is 12.7. The van der Waals surface area contributed by atoms with E-state index in [0.717, 1.165) is 12.8 Å². The van der Waals surface area contributed by atoms with Crippen molar-refractivity contribution in [1.29, 1.82) is 0 Å². The summed E-state index contributed by atoms with van der Waals surface area (Å²) in [4.78, 5) is 12.4. The number of nitrogens with one attached hydrogen (secondary N) is 1. The largest absolute Gasteiger partial charge is 0.408 e. The van der Waals surface area contributed by atoms with Crippen LogP contribution in [0.25, 0.3) is 0 Å². The van der Waals surface area contributed by atoms with E-state index in [1.165, 1.54) is 28.6 Å². The van der Waals surface area contributed by atoms with Gasteiger partial charge in [-0.3, -0.25) is 10.1 Å². The zero-order chi connectivity index (χ0) is 18.7. The van der Waals surface area contributed by atoms with E-state index in [2.05, 4.69) is 22.4 Å². The summed E-state index contributed by atoms with van der Waals surface area (Å²) >= 11 is 0. The number of anilines is 1. The van der Waals surface area contributed by atoms with Crippen LogP contribution in [0.5, 0.6) is 0 Å². The first-order chi connectivity index (χ1) is 12.4. The second-order valence-corrected chi connectivity index (χ2v) is 8.38. The minimum atomic E-state index is -3.54. The molecule has 3 rings (SSSR count). The van der Waals surface area contributed by atoms with Gasteiger partial charge in [-0.2, -0.15) is 4.31 Å². The highest BCUT2D eigenvalue weighted by Gasteiger charge is 2.28. The molecule has 1 saturated heterocycles. The number of carbonyl (C=O) groups excluding carboxylic acids is 1. The molecule has 1 aromatic carbocycles. The van der Waals surface area contributed by atoms with Crippen molar-refractivity contribution in [3.63, 3.8) is 0 Å². The summed E-state index contributed by atoms with van der Waals surface area (Å²) in [5.74, 6) is 0.343. The Kier molecular flexibility index (Phi) is 5.38. The number of aryl methyl sites for hydroxylation is 1. The molecule has 0 radical (unpaired) electrons. The van der Waals surface area contributed by atoms with Crippen LogP contribution >= 0.6 is 0 Å². The maximum Gasteiger partial charge on any atom is 0.322 e. The highest BCUT2D eigenvalue weighted by atomic mass is 32.2. The number of piperidine rings is 1. The van der Waals surface area contributed by atoms with Crippen LogP contribution in [0.3, 0.4) is 0 Å². The van der Waals surface area contributed by atoms with Crippen LogP contribution in [0, 0.1) is 5.92 Å². The van der Waals surface area contributed by atoms with Crippen molar-refractivity contribution in [2.75, 3.05) is 18.4 Å². The normalized spacial score (nSPS) is 18.6. The average molecular weight is 378 g/mol. The van der Waals surface area contributed by atoms with Gasteiger partial charge in [-0.1, -0.05) is 18.9 Å². The summed E-state index contributed by atoms with van der Waals surface area (Å²) in [5, 5.41) is 10.00. The fraction of sp³-hybridized carbons (Fsp3) is 0.471. The third-order valence-corrected chi connectivity index (χ3v) is 6.24. The molecule has 26 heavy (non-hydrogen) atoms. The predicted molar refractivity (Wildman–Crippen MR) is 95.2 cm³/mol. The SMILES string of the molecule is CCc1nnc(NC(=O)c2ccc(S(=O)(=O)N3CCC[C@@H](C)C3)cc2)o1. The number of rotatable bonds is 5. The van der Waals surface area contributed by atoms with E-state index >= 15 is 0 Å². The zero-order valence-corrected chi connectivity index (χ0v) is 15.6. The first-order valence-electron chi connectivity index (χ1n) is 8.64. The summed E-state index contributed by atoms with van der Waals surface area (Å²) in [6.45, 7) is 4.98. The van der Waals surface area contributed by atoms with Crippen LogP contribution in [0.15, 0.2) is 33.6 Å². The molecular formula is C17H22N4O4S. The molecule has 9 heteroatoms. The maximum atomic E-state index is 12.7. The summed E-state index contributed by atoms with van der Waals surface area (Å²) in [7, 11) is -3.54. The number of nitrogens with zero attached hydrogens (tertiary/aromatic N) is 3. The van der Waals surface area contributed by atoms with Crippen LogP contribution in [0.1, 0.15) is 42.9 Å². The molecule has 0 aliphatic carbocycles. The standard InChI is InChI=1S/C17H22N4O4S/c1-3-15-19-20-17(25-15)18-16(22)13-6-8-14(9-7-13)26(23,24)21-10-4-5-12(2)11-21/h6-9,12H,3-5,10-11H2,1-2H3,(H,18,20,22)/t12-/m1/s1. The smallest absolute Gasteiger partial charge is 0.322 e. The van der Waals surface area contributed by atoms with Crippen molar-refractivity contribution in [2.24, 2.45) is 5.92 Å². The summed E-state index contributed by atoms with van der Waals surface area (Å²) in [6, 6.07) is 5.88. The van der Waals surface area contributed by atoms with Crippen molar-refractivity contribution >= 4 is 21.9 Å². The molecule has 1 aliphatic heterocycles. The molecule has 0 unspecified atom stereocenters. The third kappa shape index (κ3) is 3.94. The predicted octanol–water partition coefficient (Wildman–Crippen LogP) is 2.30. The molecule has 1 N–H and O–H groups in total. The Balaban J connectivity index is 1.72. The molecular weight excluding hydrogens is 356 g/mol. The first-order valence-corrected chi connectivity index (χ1v) is 10.1. The van der Waals surface area contributed by atoms with Crippen molar-refractivity contribution < 1.29 is 17.6 Å². The minimum absolute atomic E-state index is 0.0193. The average Bonchev–Trinajstić information content (AvgIpc) is 3.09. The molecule has 0 saturated carbocycles. The van der Waals surface area contributed by atoms with Gasteiger partial charge in [0.15, 0.2) is 0 Å². The lowest BCUT2D eigenvalue weighted by atomic mass is 10.0. The molecule has 1 atom stereocenters. The fourth-order valence-electron chi connectivity index (χ4n) is 2.91. The Bertz CT molecular complexity index is 876. The fourth-order valence-corrected chi connectivity index (χ4v) is 4.51. The van der Waals surface area contributed by atoms with E-state index in [1.54, 1.807) is 0 Å².